The van der Waals surface area contributed by atoms with Crippen LogP contribution in [0.3, 0.4) is 0 Å². The molecule has 0 aromatic heterocycles. The van der Waals surface area contributed by atoms with Gasteiger partial charge in [0.25, 0.3) is 0 Å². The topological polar surface area (TPSA) is 352 Å². The third-order valence-electron chi connectivity index (χ3n) is 7.60. The Bertz CT molecular complexity index is 1080. The van der Waals surface area contributed by atoms with Crippen molar-refractivity contribution in [3.63, 3.8) is 0 Å². The van der Waals surface area contributed by atoms with Crippen LogP contribution < -0.4 is 56.1 Å². The molecule has 0 radical (unpaired) electrons. The minimum atomic E-state index is -1.22. The second kappa shape index (κ2) is 22.3. The quantitative estimate of drug-likeness (QED) is 0.0280. The molecule has 19 nitrogen and oxygen atoms in total. The van der Waals surface area contributed by atoms with Crippen molar-refractivity contribution in [1.82, 2.24) is 20.9 Å². The summed E-state index contributed by atoms with van der Waals surface area (Å²) < 4.78 is 0. The average molecular weight is 670 g/mol. The van der Waals surface area contributed by atoms with E-state index in [-0.39, 0.29) is 50.3 Å². The second-order valence-corrected chi connectivity index (χ2v) is 11.5. The van der Waals surface area contributed by atoms with E-state index in [1.165, 1.54) is 4.90 Å². The van der Waals surface area contributed by atoms with Crippen LogP contribution in [0.2, 0.25) is 0 Å². The third-order valence-corrected chi connectivity index (χ3v) is 7.60. The Labute approximate surface area is 275 Å². The Kier molecular flexibility index (Phi) is 19.4. The molecular weight excluding hydrogens is 614 g/mol. The maximum atomic E-state index is 13.5. The van der Waals surface area contributed by atoms with Gasteiger partial charge in [0.2, 0.25) is 23.6 Å². The summed E-state index contributed by atoms with van der Waals surface area (Å²) in [4.78, 5) is 72.3. The Balaban J connectivity index is 2.56. The molecule has 1 aliphatic rings. The first-order chi connectivity index (χ1) is 22.3. The molecule has 4 amide bonds. The predicted octanol–water partition coefficient (Wildman–Crippen LogP) is -4.18. The summed E-state index contributed by atoms with van der Waals surface area (Å²) in [5, 5.41) is 17.5. The normalized spacial score (nSPS) is 16.7. The number of nitrogens with two attached hydrogens (primary N) is 7. The number of carbonyl (C=O) groups is 5. The van der Waals surface area contributed by atoms with Crippen molar-refractivity contribution >= 4 is 41.5 Å². The van der Waals surface area contributed by atoms with Crippen LogP contribution in [0, 0.1) is 0 Å². The molecule has 1 heterocycles. The van der Waals surface area contributed by atoms with Crippen LogP contribution in [-0.2, 0) is 24.0 Å². The van der Waals surface area contributed by atoms with Crippen LogP contribution in [0.15, 0.2) is 9.98 Å². The molecule has 0 spiro atoms. The number of amides is 4. The van der Waals surface area contributed by atoms with Crippen LogP contribution in [0.5, 0.6) is 0 Å². The van der Waals surface area contributed by atoms with E-state index in [1.54, 1.807) is 0 Å². The predicted molar refractivity (Wildman–Crippen MR) is 177 cm³/mol. The SMILES string of the molecule is NCCC(NC(=O)[C@@H](N)CCCCNC(=O)[C@@H](N)CCCCN=C(N)N)C(=O)N1CCC[C@H]1C(=O)NC(CCCN=C(N)N)C(=O)O. The van der Waals surface area contributed by atoms with Gasteiger partial charge in [-0.05, 0) is 77.2 Å². The molecule has 1 rings (SSSR count). The lowest BCUT2D eigenvalue weighted by Crippen LogP contribution is -2.57. The average Bonchev–Trinajstić information content (AvgIpc) is 3.51. The van der Waals surface area contributed by atoms with E-state index in [9.17, 15) is 29.1 Å². The van der Waals surface area contributed by atoms with E-state index in [1.807, 2.05) is 0 Å². The largest absolute Gasteiger partial charge is 0.480 e. The number of nitrogens with one attached hydrogen (secondary N) is 3. The summed E-state index contributed by atoms with van der Waals surface area (Å²) in [5.41, 5.74) is 38.8. The van der Waals surface area contributed by atoms with Crippen molar-refractivity contribution in [2.45, 2.75) is 101 Å². The molecule has 0 aromatic carbocycles. The lowest BCUT2D eigenvalue weighted by atomic mass is 10.1. The molecule has 1 fully saturated rings. The highest BCUT2D eigenvalue weighted by Crippen LogP contribution is 2.20. The van der Waals surface area contributed by atoms with Gasteiger partial charge in [0, 0.05) is 26.2 Å². The first kappa shape index (κ1) is 40.8. The minimum Gasteiger partial charge on any atom is -0.480 e. The Hall–Kier alpha value is -4.23. The Morgan fingerprint density at radius 3 is 1.96 bits per heavy atom. The molecule has 2 unspecified atom stereocenters. The summed E-state index contributed by atoms with van der Waals surface area (Å²) in [6, 6.07) is -4.67. The zero-order valence-corrected chi connectivity index (χ0v) is 27.1. The lowest BCUT2D eigenvalue weighted by molar-refractivity contribution is -0.145. The fourth-order valence-electron chi connectivity index (χ4n) is 5.01. The van der Waals surface area contributed by atoms with Crippen LogP contribution in [0.4, 0.5) is 0 Å². The molecule has 0 bridgehead atoms. The maximum Gasteiger partial charge on any atom is 0.326 e. The second-order valence-electron chi connectivity index (χ2n) is 11.5. The summed E-state index contributed by atoms with van der Waals surface area (Å²) >= 11 is 0. The van der Waals surface area contributed by atoms with Crippen molar-refractivity contribution in [2.75, 3.05) is 32.7 Å². The van der Waals surface area contributed by atoms with Gasteiger partial charge in [-0.25, -0.2) is 4.79 Å². The number of rotatable bonds is 23. The van der Waals surface area contributed by atoms with Crippen molar-refractivity contribution in [3.8, 4) is 0 Å². The number of aliphatic imine (C=N–C) groups is 2. The molecule has 19 heteroatoms. The van der Waals surface area contributed by atoms with Gasteiger partial charge in [-0.3, -0.25) is 29.2 Å². The number of carbonyl (C=O) groups excluding carboxylic acids is 4. The Morgan fingerprint density at radius 1 is 0.766 bits per heavy atom. The highest BCUT2D eigenvalue weighted by Gasteiger charge is 2.38. The van der Waals surface area contributed by atoms with E-state index < -0.39 is 53.9 Å². The van der Waals surface area contributed by atoms with Gasteiger partial charge in [0.05, 0.1) is 12.1 Å². The van der Waals surface area contributed by atoms with Gasteiger partial charge in [-0.1, -0.05) is 0 Å². The van der Waals surface area contributed by atoms with Gasteiger partial charge in [0.1, 0.15) is 18.1 Å². The monoisotopic (exact) mass is 669 g/mol. The van der Waals surface area contributed by atoms with E-state index >= 15 is 0 Å². The number of unbranched alkanes of at least 4 members (excludes halogenated alkanes) is 2. The fourth-order valence-corrected chi connectivity index (χ4v) is 5.01. The number of carboxylic acid groups (broad SMARTS) is 1. The number of likely N-dealkylation sites (tertiary alicyclic amines) is 1. The molecule has 0 aromatic rings. The first-order valence-electron chi connectivity index (χ1n) is 16.0. The summed E-state index contributed by atoms with van der Waals surface area (Å²) in [6.07, 6.45) is 4.68. The molecule has 47 heavy (non-hydrogen) atoms. The van der Waals surface area contributed by atoms with Crippen LogP contribution in [0.1, 0.15) is 70.6 Å². The van der Waals surface area contributed by atoms with Gasteiger partial charge in [0.15, 0.2) is 11.9 Å². The van der Waals surface area contributed by atoms with E-state index in [0.29, 0.717) is 70.9 Å². The van der Waals surface area contributed by atoms with E-state index in [0.717, 1.165) is 0 Å². The number of hydrogen-bond donors (Lipinski definition) is 11. The number of guanidine groups is 2. The zero-order valence-electron chi connectivity index (χ0n) is 27.1. The zero-order chi connectivity index (χ0) is 35.4. The number of nitrogens with zero attached hydrogens (tertiary/aromatic N) is 3. The van der Waals surface area contributed by atoms with Crippen molar-refractivity contribution in [2.24, 2.45) is 50.1 Å². The molecule has 0 aliphatic carbocycles. The summed E-state index contributed by atoms with van der Waals surface area (Å²) in [5.74, 6) is -3.23. The van der Waals surface area contributed by atoms with Gasteiger partial charge < -0.3 is 66.1 Å². The molecule has 1 aliphatic heterocycles. The molecular formula is C28H55N13O6. The molecule has 5 atom stereocenters. The van der Waals surface area contributed by atoms with Gasteiger partial charge in [-0.15, -0.1) is 0 Å². The lowest BCUT2D eigenvalue weighted by Gasteiger charge is -2.30. The standard InChI is InChI=1S/C28H55N13O6/c29-12-11-19(25(45)41-16-6-10-21(41)24(44)40-20(26(46)47)9-5-15-38-28(34)35)39-23(43)18(31)8-1-3-13-36-22(42)17(30)7-2-4-14-37-27(32)33/h17-21H,1-16,29-31H2,(H,36,42)(H,39,43)(H,40,44)(H,46,47)(H4,32,33,37)(H4,34,35,38)/t17-,18-,19?,20?,21-/m0/s1. The fraction of sp³-hybridized carbons (Fsp3) is 0.750. The van der Waals surface area contributed by atoms with Crippen molar-refractivity contribution < 1.29 is 29.1 Å². The molecule has 1 saturated heterocycles. The summed E-state index contributed by atoms with van der Waals surface area (Å²) in [6.45, 7) is 1.39. The minimum absolute atomic E-state index is 0.0220. The first-order valence-corrected chi connectivity index (χ1v) is 16.0. The molecule has 268 valence electrons. The van der Waals surface area contributed by atoms with Gasteiger partial charge in [-0.2, -0.15) is 0 Å². The highest BCUT2D eigenvalue weighted by atomic mass is 16.4. The van der Waals surface area contributed by atoms with E-state index in [4.69, 9.17) is 40.1 Å². The third kappa shape index (κ3) is 16.2. The summed E-state index contributed by atoms with van der Waals surface area (Å²) in [7, 11) is 0. The van der Waals surface area contributed by atoms with Crippen molar-refractivity contribution in [3.05, 3.63) is 0 Å². The van der Waals surface area contributed by atoms with E-state index in [2.05, 4.69) is 25.9 Å². The Morgan fingerprint density at radius 2 is 1.36 bits per heavy atom. The van der Waals surface area contributed by atoms with Crippen LogP contribution >= 0.6 is 0 Å². The number of hydrogen-bond acceptors (Lipinski definition) is 10. The number of carboxylic acids is 1. The molecule has 18 N–H and O–H groups in total. The molecule has 0 saturated carbocycles. The van der Waals surface area contributed by atoms with Crippen molar-refractivity contribution in [1.29, 1.82) is 0 Å². The highest BCUT2D eigenvalue weighted by molar-refractivity contribution is 5.94. The number of aliphatic carboxylic acids is 1. The smallest absolute Gasteiger partial charge is 0.326 e. The van der Waals surface area contributed by atoms with Crippen LogP contribution in [-0.4, -0.2) is 114 Å². The van der Waals surface area contributed by atoms with Crippen LogP contribution in [0.25, 0.3) is 0 Å². The van der Waals surface area contributed by atoms with Gasteiger partial charge >= 0.3 is 5.97 Å². The maximum absolute atomic E-state index is 13.5.